The molecule has 122 valence electrons. The van der Waals surface area contributed by atoms with Gasteiger partial charge in [0.25, 0.3) is 5.91 Å². The summed E-state index contributed by atoms with van der Waals surface area (Å²) in [4.78, 5) is 16.3. The number of nitrogens with one attached hydrogen (secondary N) is 3. The summed E-state index contributed by atoms with van der Waals surface area (Å²) in [5, 5.41) is 9.94. The second-order valence-electron chi connectivity index (χ2n) is 4.94. The van der Waals surface area contributed by atoms with Crippen LogP contribution in [-0.4, -0.2) is 37.5 Å². The molecule has 0 radical (unpaired) electrons. The number of hydrogen-bond acceptors (Lipinski definition) is 2. The Kier molecular flexibility index (Phi) is 8.06. The smallest absolute Gasteiger partial charge is 0.251 e. The number of carbonyl (C=O) groups is 1. The first-order chi connectivity index (χ1) is 10.4. The summed E-state index contributed by atoms with van der Waals surface area (Å²) in [6.07, 6.45) is 0. The van der Waals surface area contributed by atoms with Gasteiger partial charge in [-0.05, 0) is 39.0 Å². The number of hydrogen-bond donors (Lipinski definition) is 3. The molecule has 0 aromatic heterocycles. The molecule has 5 nitrogen and oxygen atoms in total. The van der Waals surface area contributed by atoms with Gasteiger partial charge in [0, 0.05) is 24.7 Å². The van der Waals surface area contributed by atoms with Gasteiger partial charge in [0.1, 0.15) is 0 Å². The Hall–Kier alpha value is -1.46. The Morgan fingerprint density at radius 2 is 1.95 bits per heavy atom. The predicted molar refractivity (Wildman–Crippen MR) is 93.0 cm³/mol. The molecular formula is C15H22Cl2N4O. The largest absolute Gasteiger partial charge is 0.357 e. The maximum Gasteiger partial charge on any atom is 0.251 e. The van der Waals surface area contributed by atoms with E-state index in [4.69, 9.17) is 23.2 Å². The highest BCUT2D eigenvalue weighted by Gasteiger charge is 2.07. The van der Waals surface area contributed by atoms with Crippen LogP contribution in [-0.2, 0) is 0 Å². The summed E-state index contributed by atoms with van der Waals surface area (Å²) in [6, 6.07) is 5.08. The van der Waals surface area contributed by atoms with E-state index in [1.54, 1.807) is 18.2 Å². The Morgan fingerprint density at radius 3 is 2.55 bits per heavy atom. The number of aliphatic imine (C=N–C) groups is 1. The number of carbonyl (C=O) groups excluding carboxylic acids is 1. The molecule has 0 fully saturated rings. The van der Waals surface area contributed by atoms with Gasteiger partial charge < -0.3 is 16.0 Å². The molecular weight excluding hydrogens is 323 g/mol. The van der Waals surface area contributed by atoms with Crippen molar-refractivity contribution in [2.45, 2.75) is 26.8 Å². The van der Waals surface area contributed by atoms with E-state index in [1.807, 2.05) is 20.8 Å². The van der Waals surface area contributed by atoms with Gasteiger partial charge in [-0.25, -0.2) is 0 Å². The van der Waals surface area contributed by atoms with Crippen molar-refractivity contribution in [2.24, 2.45) is 4.99 Å². The molecule has 0 heterocycles. The van der Waals surface area contributed by atoms with Crippen LogP contribution in [0.25, 0.3) is 0 Å². The second kappa shape index (κ2) is 9.54. The van der Waals surface area contributed by atoms with Crippen molar-refractivity contribution >= 4 is 35.1 Å². The highest BCUT2D eigenvalue weighted by atomic mass is 35.5. The van der Waals surface area contributed by atoms with Gasteiger partial charge in [-0.15, -0.1) is 0 Å². The minimum Gasteiger partial charge on any atom is -0.357 e. The van der Waals surface area contributed by atoms with E-state index in [-0.39, 0.29) is 5.91 Å². The average molecular weight is 345 g/mol. The van der Waals surface area contributed by atoms with Gasteiger partial charge in [0.05, 0.1) is 16.6 Å². The lowest BCUT2D eigenvalue weighted by atomic mass is 10.2. The van der Waals surface area contributed by atoms with Crippen LogP contribution in [0.15, 0.2) is 23.2 Å². The van der Waals surface area contributed by atoms with E-state index >= 15 is 0 Å². The topological polar surface area (TPSA) is 65.5 Å². The monoisotopic (exact) mass is 344 g/mol. The summed E-state index contributed by atoms with van der Waals surface area (Å²) in [6.45, 7) is 7.79. The third kappa shape index (κ3) is 6.54. The van der Waals surface area contributed by atoms with Crippen LogP contribution in [0.3, 0.4) is 0 Å². The SMILES string of the molecule is CCNC(=NCCNC(=O)c1ccc(Cl)c(Cl)c1)NC(C)C. The molecule has 0 saturated carbocycles. The maximum atomic E-state index is 12.0. The number of amides is 1. The fourth-order valence-corrected chi connectivity index (χ4v) is 1.97. The lowest BCUT2D eigenvalue weighted by Crippen LogP contribution is -2.41. The first-order valence-electron chi connectivity index (χ1n) is 7.22. The summed E-state index contributed by atoms with van der Waals surface area (Å²) in [5.41, 5.74) is 0.477. The van der Waals surface area contributed by atoms with Crippen LogP contribution >= 0.6 is 23.2 Å². The Labute approximate surface area is 141 Å². The molecule has 0 spiro atoms. The number of halogens is 2. The molecule has 1 aromatic carbocycles. The van der Waals surface area contributed by atoms with Crippen LogP contribution in [0, 0.1) is 0 Å². The molecule has 1 amide bonds. The van der Waals surface area contributed by atoms with Gasteiger partial charge >= 0.3 is 0 Å². The van der Waals surface area contributed by atoms with Crippen LogP contribution in [0.1, 0.15) is 31.1 Å². The van der Waals surface area contributed by atoms with Gasteiger partial charge in [0.2, 0.25) is 0 Å². The quantitative estimate of drug-likeness (QED) is 0.422. The predicted octanol–water partition coefficient (Wildman–Crippen LogP) is 2.69. The van der Waals surface area contributed by atoms with Crippen molar-refractivity contribution in [1.29, 1.82) is 0 Å². The van der Waals surface area contributed by atoms with E-state index in [9.17, 15) is 4.79 Å². The minimum absolute atomic E-state index is 0.199. The third-order valence-electron chi connectivity index (χ3n) is 2.62. The van der Waals surface area contributed by atoms with Crippen molar-refractivity contribution in [3.8, 4) is 0 Å². The van der Waals surface area contributed by atoms with Gasteiger partial charge in [-0.3, -0.25) is 9.79 Å². The summed E-state index contributed by atoms with van der Waals surface area (Å²) in [7, 11) is 0. The van der Waals surface area contributed by atoms with Crippen LogP contribution in [0.5, 0.6) is 0 Å². The van der Waals surface area contributed by atoms with E-state index < -0.39 is 0 Å². The molecule has 0 unspecified atom stereocenters. The fraction of sp³-hybridized carbons (Fsp3) is 0.467. The number of guanidine groups is 1. The Morgan fingerprint density at radius 1 is 1.23 bits per heavy atom. The van der Waals surface area contributed by atoms with Crippen molar-refractivity contribution in [1.82, 2.24) is 16.0 Å². The van der Waals surface area contributed by atoms with Crippen molar-refractivity contribution in [2.75, 3.05) is 19.6 Å². The first kappa shape index (κ1) is 18.6. The molecule has 0 aliphatic rings. The molecule has 3 N–H and O–H groups in total. The fourth-order valence-electron chi connectivity index (χ4n) is 1.67. The minimum atomic E-state index is -0.199. The normalized spacial score (nSPS) is 11.5. The van der Waals surface area contributed by atoms with E-state index in [0.29, 0.717) is 34.7 Å². The molecule has 1 aromatic rings. The lowest BCUT2D eigenvalue weighted by molar-refractivity contribution is 0.0955. The van der Waals surface area contributed by atoms with Crippen molar-refractivity contribution in [3.63, 3.8) is 0 Å². The van der Waals surface area contributed by atoms with Gasteiger partial charge in [-0.1, -0.05) is 23.2 Å². The lowest BCUT2D eigenvalue weighted by Gasteiger charge is -2.14. The molecule has 0 bridgehead atoms. The molecule has 0 atom stereocenters. The first-order valence-corrected chi connectivity index (χ1v) is 7.97. The molecule has 22 heavy (non-hydrogen) atoms. The highest BCUT2D eigenvalue weighted by molar-refractivity contribution is 6.42. The zero-order valence-electron chi connectivity index (χ0n) is 13.0. The van der Waals surface area contributed by atoms with Crippen LogP contribution < -0.4 is 16.0 Å². The van der Waals surface area contributed by atoms with Crippen molar-refractivity contribution in [3.05, 3.63) is 33.8 Å². The number of benzene rings is 1. The summed E-state index contributed by atoms with van der Waals surface area (Å²) >= 11 is 11.7. The second-order valence-corrected chi connectivity index (χ2v) is 5.76. The van der Waals surface area contributed by atoms with Crippen LogP contribution in [0.4, 0.5) is 0 Å². The van der Waals surface area contributed by atoms with E-state index in [1.165, 1.54) is 0 Å². The summed E-state index contributed by atoms with van der Waals surface area (Å²) < 4.78 is 0. The summed E-state index contributed by atoms with van der Waals surface area (Å²) in [5.74, 6) is 0.539. The zero-order chi connectivity index (χ0) is 16.5. The molecule has 0 aliphatic carbocycles. The molecule has 1 rings (SSSR count). The Bertz CT molecular complexity index is 532. The average Bonchev–Trinajstić information content (AvgIpc) is 2.45. The number of nitrogens with zero attached hydrogens (tertiary/aromatic N) is 1. The third-order valence-corrected chi connectivity index (χ3v) is 3.36. The van der Waals surface area contributed by atoms with Crippen LogP contribution in [0.2, 0.25) is 10.0 Å². The number of rotatable bonds is 6. The molecule has 7 heteroatoms. The highest BCUT2D eigenvalue weighted by Crippen LogP contribution is 2.22. The van der Waals surface area contributed by atoms with Crippen molar-refractivity contribution < 1.29 is 4.79 Å². The zero-order valence-corrected chi connectivity index (χ0v) is 14.6. The van der Waals surface area contributed by atoms with Gasteiger partial charge in [0.15, 0.2) is 5.96 Å². The van der Waals surface area contributed by atoms with E-state index in [0.717, 1.165) is 12.5 Å². The maximum absolute atomic E-state index is 12.0. The van der Waals surface area contributed by atoms with E-state index in [2.05, 4.69) is 20.9 Å². The molecule has 0 saturated heterocycles. The van der Waals surface area contributed by atoms with Gasteiger partial charge in [-0.2, -0.15) is 0 Å². The standard InChI is InChI=1S/C15H22Cl2N4O/c1-4-18-15(21-10(2)3)20-8-7-19-14(22)11-5-6-12(16)13(17)9-11/h5-6,9-10H,4,7-8H2,1-3H3,(H,19,22)(H2,18,20,21). The molecule has 0 aliphatic heterocycles. The Balaban J connectivity index is 2.48.